The molecule has 0 aliphatic rings. The van der Waals surface area contributed by atoms with E-state index in [0.717, 1.165) is 16.9 Å². The zero-order valence-electron chi connectivity index (χ0n) is 17.9. The fourth-order valence-corrected chi connectivity index (χ4v) is 4.67. The van der Waals surface area contributed by atoms with Crippen molar-refractivity contribution in [2.24, 2.45) is 0 Å². The Hall–Kier alpha value is -3.64. The third-order valence-electron chi connectivity index (χ3n) is 4.22. The van der Waals surface area contributed by atoms with Crippen molar-refractivity contribution in [2.75, 3.05) is 28.5 Å². The van der Waals surface area contributed by atoms with Crippen molar-refractivity contribution < 1.29 is 22.7 Å². The first-order valence-electron chi connectivity index (χ1n) is 9.83. The second-order valence-corrected chi connectivity index (χ2v) is 9.54. The minimum absolute atomic E-state index is 0.0567. The zero-order valence-corrected chi connectivity index (χ0v) is 19.5. The molecule has 0 radical (unpaired) electrons. The molecule has 33 heavy (non-hydrogen) atoms. The number of benzene rings is 2. The Morgan fingerprint density at radius 2 is 1.70 bits per heavy atom. The van der Waals surface area contributed by atoms with E-state index in [2.05, 4.69) is 25.7 Å². The van der Waals surface area contributed by atoms with E-state index in [1.165, 1.54) is 12.1 Å². The van der Waals surface area contributed by atoms with Crippen molar-refractivity contribution in [1.82, 2.24) is 10.3 Å². The van der Waals surface area contributed by atoms with Gasteiger partial charge in [-0.2, -0.15) is 0 Å². The zero-order chi connectivity index (χ0) is 23.8. The predicted octanol–water partition coefficient (Wildman–Crippen LogP) is 3.93. The summed E-state index contributed by atoms with van der Waals surface area (Å²) >= 11 is 0.965. The molecule has 0 spiro atoms. The van der Waals surface area contributed by atoms with Gasteiger partial charge >= 0.3 is 12.1 Å². The first kappa shape index (κ1) is 24.0. The maximum Gasteiger partial charge on any atom is 0.412 e. The second-order valence-electron chi connectivity index (χ2n) is 6.86. The van der Waals surface area contributed by atoms with Crippen LogP contribution in [0.2, 0.25) is 0 Å². The van der Waals surface area contributed by atoms with Gasteiger partial charge in [0.1, 0.15) is 11.6 Å². The van der Waals surface area contributed by atoms with Gasteiger partial charge in [-0.15, -0.1) is 0 Å². The fraction of sp³-hybridized carbons (Fsp3) is 0.190. The van der Waals surface area contributed by atoms with Crippen molar-refractivity contribution >= 4 is 49.3 Å². The number of sulfonamides is 1. The number of hydrogen-bond donors (Lipinski definition) is 4. The summed E-state index contributed by atoms with van der Waals surface area (Å²) in [6.45, 7) is 3.54. The summed E-state index contributed by atoms with van der Waals surface area (Å²) in [6.07, 6.45) is -0.750. The molecule has 0 aliphatic heterocycles. The Kier molecular flexibility index (Phi) is 7.85. The molecule has 1 heterocycles. The molecule has 3 rings (SSSR count). The van der Waals surface area contributed by atoms with Gasteiger partial charge in [0.05, 0.1) is 17.1 Å². The van der Waals surface area contributed by atoms with Gasteiger partial charge in [0.2, 0.25) is 0 Å². The summed E-state index contributed by atoms with van der Waals surface area (Å²) < 4.78 is 32.5. The first-order valence-corrected chi connectivity index (χ1v) is 12.1. The van der Waals surface area contributed by atoms with Crippen LogP contribution in [0.5, 0.6) is 0 Å². The summed E-state index contributed by atoms with van der Waals surface area (Å²) in [7, 11) is -3.80. The van der Waals surface area contributed by atoms with Gasteiger partial charge in [0.25, 0.3) is 10.0 Å². The lowest BCUT2D eigenvalue weighted by Crippen LogP contribution is -2.32. The van der Waals surface area contributed by atoms with Crippen molar-refractivity contribution in [3.63, 3.8) is 0 Å². The van der Waals surface area contributed by atoms with Crippen molar-refractivity contribution in [2.45, 2.75) is 18.7 Å². The third-order valence-corrected chi connectivity index (χ3v) is 6.69. The van der Waals surface area contributed by atoms with Crippen LogP contribution in [0.1, 0.15) is 11.3 Å². The number of aromatic nitrogens is 1. The van der Waals surface area contributed by atoms with Crippen molar-refractivity contribution in [3.05, 3.63) is 65.9 Å². The number of para-hydroxylation sites is 1. The molecule has 10 nitrogen and oxygen atoms in total. The molecule has 0 bridgehead atoms. The fourth-order valence-electron chi connectivity index (χ4n) is 2.58. The highest BCUT2D eigenvalue weighted by Gasteiger charge is 2.18. The Morgan fingerprint density at radius 3 is 2.39 bits per heavy atom. The monoisotopic (exact) mass is 489 g/mol. The number of carbonyl (C=O) groups excluding carboxylic acids is 2. The number of nitrogens with one attached hydrogen (secondary N) is 4. The minimum Gasteiger partial charge on any atom is -0.447 e. The van der Waals surface area contributed by atoms with Gasteiger partial charge < -0.3 is 15.4 Å². The molecule has 174 valence electrons. The van der Waals surface area contributed by atoms with E-state index in [9.17, 15) is 18.0 Å². The summed E-state index contributed by atoms with van der Waals surface area (Å²) in [6, 6.07) is 14.9. The predicted molar refractivity (Wildman–Crippen MR) is 127 cm³/mol. The van der Waals surface area contributed by atoms with Crippen LogP contribution in [0.15, 0.2) is 59.5 Å². The van der Waals surface area contributed by atoms with Gasteiger partial charge in [0, 0.05) is 5.69 Å². The maximum atomic E-state index is 12.5. The van der Waals surface area contributed by atoms with Crippen LogP contribution < -0.4 is 20.7 Å². The lowest BCUT2D eigenvalue weighted by molar-refractivity contribution is 0.162. The number of carbonyl (C=O) groups is 2. The van der Waals surface area contributed by atoms with E-state index in [4.69, 9.17) is 4.74 Å². The summed E-state index contributed by atoms with van der Waals surface area (Å²) in [5.41, 5.74) is 2.01. The molecule has 0 fully saturated rings. The number of amides is 3. The van der Waals surface area contributed by atoms with Crippen LogP contribution in [0.25, 0.3) is 0 Å². The molecule has 1 aromatic heterocycles. The lowest BCUT2D eigenvalue weighted by Gasteiger charge is -2.08. The van der Waals surface area contributed by atoms with Crippen molar-refractivity contribution in [3.8, 4) is 0 Å². The van der Waals surface area contributed by atoms with E-state index in [1.807, 2.05) is 13.0 Å². The third kappa shape index (κ3) is 7.19. The molecule has 12 heteroatoms. The largest absolute Gasteiger partial charge is 0.447 e. The second kappa shape index (κ2) is 10.8. The van der Waals surface area contributed by atoms with Gasteiger partial charge in [-0.1, -0.05) is 47.2 Å². The Bertz CT molecular complexity index is 1210. The molecule has 0 saturated heterocycles. The van der Waals surface area contributed by atoms with Crippen LogP contribution in [-0.2, 0) is 14.8 Å². The molecule has 0 unspecified atom stereocenters. The lowest BCUT2D eigenvalue weighted by atomic mass is 10.2. The van der Waals surface area contributed by atoms with Crippen LogP contribution in [-0.4, -0.2) is 38.7 Å². The van der Waals surface area contributed by atoms with E-state index >= 15 is 0 Å². The highest BCUT2D eigenvalue weighted by atomic mass is 32.2. The van der Waals surface area contributed by atoms with Gasteiger partial charge in [-0.25, -0.2) is 23.0 Å². The Labute approximate surface area is 195 Å². The summed E-state index contributed by atoms with van der Waals surface area (Å²) in [5.74, 6) is 0. The minimum atomic E-state index is -3.80. The summed E-state index contributed by atoms with van der Waals surface area (Å²) in [4.78, 5) is 28.1. The molecule has 4 N–H and O–H groups in total. The van der Waals surface area contributed by atoms with E-state index in [1.54, 1.807) is 43.3 Å². The first-order chi connectivity index (χ1) is 15.7. The molecule has 3 amide bonds. The molecular weight excluding hydrogens is 466 g/mol. The smallest absolute Gasteiger partial charge is 0.412 e. The molecule has 0 saturated carbocycles. The molecule has 2 aromatic carbocycles. The summed E-state index contributed by atoms with van der Waals surface area (Å²) in [5, 5.41) is 8.19. The molecular formula is C21H23N5O5S2. The number of aryl methyl sites for hydroxylation is 2. The number of thiazole rings is 1. The number of urea groups is 1. The van der Waals surface area contributed by atoms with Crippen molar-refractivity contribution in [1.29, 1.82) is 0 Å². The number of nitrogens with zero attached hydrogens (tertiary/aromatic N) is 1. The number of ether oxygens (including phenoxy) is 1. The molecule has 3 aromatic rings. The SMILES string of the molecule is Cc1ccc(S(=O)(=O)Nc2nc(C)c(NC(=O)OCCNC(=O)Nc3ccccc3)s2)cc1. The Morgan fingerprint density at radius 1 is 1.00 bits per heavy atom. The standard InChI is InChI=1S/C21H23N5O5S2/c1-14-8-10-17(11-9-14)33(29,30)26-20-23-15(2)18(32-20)25-21(28)31-13-12-22-19(27)24-16-6-4-3-5-7-16/h3-11H,12-13H2,1-2H3,(H,23,26)(H,25,28)(H2,22,24,27). The number of anilines is 3. The highest BCUT2D eigenvalue weighted by Crippen LogP contribution is 2.29. The Balaban J connectivity index is 1.45. The van der Waals surface area contributed by atoms with E-state index in [-0.39, 0.29) is 23.2 Å². The number of rotatable bonds is 8. The van der Waals surface area contributed by atoms with Crippen LogP contribution in [0.4, 0.5) is 25.4 Å². The maximum absolute atomic E-state index is 12.5. The van der Waals surface area contributed by atoms with E-state index in [0.29, 0.717) is 16.4 Å². The average molecular weight is 490 g/mol. The van der Waals surface area contributed by atoms with Gasteiger partial charge in [0.15, 0.2) is 5.13 Å². The van der Waals surface area contributed by atoms with Gasteiger partial charge in [-0.05, 0) is 38.1 Å². The number of hydrogen-bond acceptors (Lipinski definition) is 7. The van der Waals surface area contributed by atoms with E-state index < -0.39 is 22.1 Å². The highest BCUT2D eigenvalue weighted by molar-refractivity contribution is 7.93. The normalized spacial score (nSPS) is 10.8. The average Bonchev–Trinajstić information content (AvgIpc) is 3.10. The van der Waals surface area contributed by atoms with Crippen LogP contribution >= 0.6 is 11.3 Å². The quantitative estimate of drug-likeness (QED) is 0.354. The van der Waals surface area contributed by atoms with Gasteiger partial charge in [-0.3, -0.25) is 10.0 Å². The van der Waals surface area contributed by atoms with Crippen LogP contribution in [0, 0.1) is 13.8 Å². The van der Waals surface area contributed by atoms with Crippen LogP contribution in [0.3, 0.4) is 0 Å². The molecule has 0 aliphatic carbocycles. The topological polar surface area (TPSA) is 139 Å². The molecule has 0 atom stereocenters.